The van der Waals surface area contributed by atoms with Gasteiger partial charge in [0.2, 0.25) is 0 Å². The molecule has 2 aromatic rings. The molecule has 0 unspecified atom stereocenters. The highest BCUT2D eigenvalue weighted by Crippen LogP contribution is 2.33. The maximum Gasteiger partial charge on any atom is 0.338 e. The molecule has 2 heterocycles. The number of ether oxygens (including phenoxy) is 1. The van der Waals surface area contributed by atoms with Crippen molar-refractivity contribution in [2.24, 2.45) is 0 Å². The SMILES string of the molecule is CCOC(=O)C1=C(CN2CCN(C(=O)c3ccccc3F)CC2)N(C)C(=O)N[C@@H]1c1ccc(C(C)(C)C)cc1. The Morgan fingerprint density at radius 3 is 2.26 bits per heavy atom. The van der Waals surface area contributed by atoms with Gasteiger partial charge in [0.1, 0.15) is 5.82 Å². The highest BCUT2D eigenvalue weighted by atomic mass is 19.1. The number of nitrogens with one attached hydrogen (secondary N) is 1. The van der Waals surface area contributed by atoms with Crippen LogP contribution in [0.4, 0.5) is 9.18 Å². The summed E-state index contributed by atoms with van der Waals surface area (Å²) < 4.78 is 19.6. The quantitative estimate of drug-likeness (QED) is 0.563. The fourth-order valence-electron chi connectivity index (χ4n) is 4.95. The number of esters is 1. The number of carbonyl (C=O) groups excluding carboxylic acids is 3. The van der Waals surface area contributed by atoms with Crippen LogP contribution in [0.1, 0.15) is 55.2 Å². The minimum Gasteiger partial charge on any atom is -0.463 e. The molecule has 1 saturated heterocycles. The Morgan fingerprint density at radius 1 is 1.03 bits per heavy atom. The summed E-state index contributed by atoms with van der Waals surface area (Å²) in [6.07, 6.45) is 0. The van der Waals surface area contributed by atoms with Gasteiger partial charge in [-0.3, -0.25) is 14.6 Å². The number of benzene rings is 2. The van der Waals surface area contributed by atoms with Gasteiger partial charge >= 0.3 is 12.0 Å². The number of hydrogen-bond donors (Lipinski definition) is 1. The van der Waals surface area contributed by atoms with Crippen LogP contribution in [-0.4, -0.2) is 79.0 Å². The molecule has 2 aliphatic heterocycles. The second-order valence-corrected chi connectivity index (χ2v) is 10.9. The standard InChI is InChI=1S/C30H37FN4O4/c1-6-39-28(37)25-24(19-34-15-17-35(18-16-34)27(36)22-9-7-8-10-23(22)31)33(5)29(38)32-26(25)20-11-13-21(14-12-20)30(2,3)4/h7-14,26H,6,15-19H2,1-5H3,(H,32,38)/t26-/m1/s1. The highest BCUT2D eigenvalue weighted by Gasteiger charge is 2.38. The molecule has 3 amide bonds. The van der Waals surface area contributed by atoms with Crippen molar-refractivity contribution in [3.05, 3.63) is 82.3 Å². The predicted octanol–water partition coefficient (Wildman–Crippen LogP) is 4.09. The molecule has 0 aromatic heterocycles. The van der Waals surface area contributed by atoms with Crippen LogP contribution in [0, 0.1) is 5.82 Å². The van der Waals surface area contributed by atoms with Gasteiger partial charge in [0.15, 0.2) is 0 Å². The van der Waals surface area contributed by atoms with Gasteiger partial charge in [-0.25, -0.2) is 14.0 Å². The largest absolute Gasteiger partial charge is 0.463 e. The summed E-state index contributed by atoms with van der Waals surface area (Å²) in [6.45, 7) is 10.5. The average Bonchev–Trinajstić information content (AvgIpc) is 2.91. The van der Waals surface area contributed by atoms with E-state index in [1.807, 2.05) is 24.3 Å². The van der Waals surface area contributed by atoms with Crippen LogP contribution in [0.15, 0.2) is 59.8 Å². The van der Waals surface area contributed by atoms with Gasteiger partial charge in [-0.05, 0) is 35.6 Å². The lowest BCUT2D eigenvalue weighted by molar-refractivity contribution is -0.139. The van der Waals surface area contributed by atoms with Crippen LogP contribution < -0.4 is 5.32 Å². The molecule has 0 bridgehead atoms. The monoisotopic (exact) mass is 536 g/mol. The van der Waals surface area contributed by atoms with Crippen molar-refractivity contribution < 1.29 is 23.5 Å². The molecular formula is C30H37FN4O4. The van der Waals surface area contributed by atoms with Crippen molar-refractivity contribution in [2.45, 2.75) is 39.2 Å². The predicted molar refractivity (Wildman–Crippen MR) is 147 cm³/mol. The van der Waals surface area contributed by atoms with Gasteiger partial charge in [0, 0.05) is 45.5 Å². The van der Waals surface area contributed by atoms with E-state index in [0.717, 1.165) is 11.1 Å². The lowest BCUT2D eigenvalue weighted by Crippen LogP contribution is -2.53. The molecule has 1 N–H and O–H groups in total. The van der Waals surface area contributed by atoms with Crippen molar-refractivity contribution in [2.75, 3.05) is 46.4 Å². The minimum atomic E-state index is -0.652. The number of halogens is 1. The van der Waals surface area contributed by atoms with Crippen LogP contribution >= 0.6 is 0 Å². The molecule has 2 aliphatic rings. The summed E-state index contributed by atoms with van der Waals surface area (Å²) in [5.74, 6) is -1.35. The van der Waals surface area contributed by atoms with Gasteiger partial charge < -0.3 is 15.0 Å². The maximum atomic E-state index is 14.1. The molecule has 0 radical (unpaired) electrons. The van der Waals surface area contributed by atoms with E-state index >= 15 is 0 Å². The first kappa shape index (κ1) is 28.3. The normalized spacial score (nSPS) is 18.7. The molecule has 0 saturated carbocycles. The molecular weight excluding hydrogens is 499 g/mol. The average molecular weight is 537 g/mol. The highest BCUT2D eigenvalue weighted by molar-refractivity contribution is 5.95. The lowest BCUT2D eigenvalue weighted by Gasteiger charge is -2.39. The van der Waals surface area contributed by atoms with Crippen molar-refractivity contribution in [3.8, 4) is 0 Å². The number of carbonyl (C=O) groups is 3. The first-order valence-corrected chi connectivity index (χ1v) is 13.3. The zero-order chi connectivity index (χ0) is 28.3. The number of likely N-dealkylation sites (N-methyl/N-ethyl adjacent to an activating group) is 1. The minimum absolute atomic E-state index is 0.0324. The number of amides is 3. The van der Waals surface area contributed by atoms with E-state index in [-0.39, 0.29) is 29.5 Å². The first-order chi connectivity index (χ1) is 18.5. The van der Waals surface area contributed by atoms with E-state index in [1.165, 1.54) is 17.0 Å². The molecule has 4 rings (SSSR count). The number of piperazine rings is 1. The van der Waals surface area contributed by atoms with Gasteiger partial charge in [0.05, 0.1) is 23.8 Å². The Balaban J connectivity index is 1.58. The van der Waals surface area contributed by atoms with Crippen molar-refractivity contribution in [3.63, 3.8) is 0 Å². The number of urea groups is 1. The fraction of sp³-hybridized carbons (Fsp3) is 0.433. The first-order valence-electron chi connectivity index (χ1n) is 13.3. The van der Waals surface area contributed by atoms with Crippen LogP contribution in [0.3, 0.4) is 0 Å². The van der Waals surface area contributed by atoms with E-state index in [2.05, 4.69) is 31.0 Å². The third-order valence-electron chi connectivity index (χ3n) is 7.32. The maximum absolute atomic E-state index is 14.1. The van der Waals surface area contributed by atoms with Crippen LogP contribution in [-0.2, 0) is 14.9 Å². The zero-order valence-corrected chi connectivity index (χ0v) is 23.3. The number of rotatable bonds is 6. The van der Waals surface area contributed by atoms with Gasteiger partial charge in [-0.2, -0.15) is 0 Å². The second kappa shape index (κ2) is 11.6. The Bertz CT molecular complexity index is 1260. The molecule has 208 valence electrons. The molecule has 2 aromatic carbocycles. The van der Waals surface area contributed by atoms with E-state index in [0.29, 0.717) is 44.0 Å². The summed E-state index contributed by atoms with van der Waals surface area (Å²) in [6, 6.07) is 12.9. The Kier molecular flexibility index (Phi) is 8.39. The Labute approximate surface area is 229 Å². The van der Waals surface area contributed by atoms with Crippen molar-refractivity contribution in [1.82, 2.24) is 20.0 Å². The smallest absolute Gasteiger partial charge is 0.338 e. The molecule has 39 heavy (non-hydrogen) atoms. The summed E-state index contributed by atoms with van der Waals surface area (Å²) in [5.41, 5.74) is 2.93. The van der Waals surface area contributed by atoms with Crippen LogP contribution in [0.2, 0.25) is 0 Å². The fourth-order valence-corrected chi connectivity index (χ4v) is 4.95. The van der Waals surface area contributed by atoms with E-state index in [4.69, 9.17) is 4.74 Å². The topological polar surface area (TPSA) is 82.2 Å². The molecule has 8 nitrogen and oxygen atoms in total. The Morgan fingerprint density at radius 2 is 1.67 bits per heavy atom. The molecule has 0 aliphatic carbocycles. The summed E-state index contributed by atoms with van der Waals surface area (Å²) in [4.78, 5) is 44.3. The summed E-state index contributed by atoms with van der Waals surface area (Å²) >= 11 is 0. The van der Waals surface area contributed by atoms with E-state index < -0.39 is 17.8 Å². The zero-order valence-electron chi connectivity index (χ0n) is 23.3. The third kappa shape index (κ3) is 6.14. The molecule has 1 fully saturated rings. The molecule has 0 spiro atoms. The third-order valence-corrected chi connectivity index (χ3v) is 7.32. The number of nitrogens with zero attached hydrogens (tertiary/aromatic N) is 3. The second-order valence-electron chi connectivity index (χ2n) is 10.9. The molecule has 1 atom stereocenters. The van der Waals surface area contributed by atoms with Crippen LogP contribution in [0.5, 0.6) is 0 Å². The van der Waals surface area contributed by atoms with Gasteiger partial charge in [-0.15, -0.1) is 0 Å². The van der Waals surface area contributed by atoms with Crippen molar-refractivity contribution >= 4 is 17.9 Å². The van der Waals surface area contributed by atoms with E-state index in [9.17, 15) is 18.8 Å². The Hall–Kier alpha value is -3.72. The van der Waals surface area contributed by atoms with Crippen molar-refractivity contribution in [1.29, 1.82) is 0 Å². The van der Waals surface area contributed by atoms with Crippen LogP contribution in [0.25, 0.3) is 0 Å². The van der Waals surface area contributed by atoms with E-state index in [1.54, 1.807) is 31.0 Å². The summed E-state index contributed by atoms with van der Waals surface area (Å²) in [5, 5.41) is 2.96. The van der Waals surface area contributed by atoms with Gasteiger partial charge in [0.25, 0.3) is 5.91 Å². The number of hydrogen-bond acceptors (Lipinski definition) is 5. The summed E-state index contributed by atoms with van der Waals surface area (Å²) in [7, 11) is 1.64. The molecule has 9 heteroatoms. The lowest BCUT2D eigenvalue weighted by atomic mass is 9.85. The van der Waals surface area contributed by atoms with Gasteiger partial charge in [-0.1, -0.05) is 57.2 Å².